The predicted octanol–water partition coefficient (Wildman–Crippen LogP) is 2.21. The van der Waals surface area contributed by atoms with Gasteiger partial charge in [-0.05, 0) is 48.7 Å². The van der Waals surface area contributed by atoms with Gasteiger partial charge in [-0.1, -0.05) is 25.7 Å². The van der Waals surface area contributed by atoms with E-state index in [0.717, 1.165) is 24.3 Å². The third-order valence-electron chi connectivity index (χ3n) is 3.56. The highest BCUT2D eigenvalue weighted by Gasteiger charge is 2.00. The van der Waals surface area contributed by atoms with E-state index in [-0.39, 0.29) is 25.3 Å². The second kappa shape index (κ2) is 17.9. The fourth-order valence-electron chi connectivity index (χ4n) is 1.97. The maximum Gasteiger partial charge on any atom is 0.0582 e. The van der Waals surface area contributed by atoms with Crippen LogP contribution >= 0.6 is 23.5 Å². The number of hydrogen-bond acceptors (Lipinski definition) is 6. The summed E-state index contributed by atoms with van der Waals surface area (Å²) in [6, 6.07) is -0.0745. The highest BCUT2D eigenvalue weighted by molar-refractivity contribution is 7.99. The van der Waals surface area contributed by atoms with E-state index in [9.17, 15) is 0 Å². The number of rotatable bonds is 17. The molecule has 2 unspecified atom stereocenters. The number of aliphatic hydroxyl groups is 2. The smallest absolute Gasteiger partial charge is 0.0582 e. The maximum atomic E-state index is 8.81. The zero-order valence-electron chi connectivity index (χ0n) is 13.9. The Morgan fingerprint density at radius 2 is 0.955 bits per heavy atom. The van der Waals surface area contributed by atoms with Crippen LogP contribution in [0.2, 0.25) is 0 Å². The predicted molar refractivity (Wildman–Crippen MR) is 102 cm³/mol. The summed E-state index contributed by atoms with van der Waals surface area (Å²) < 4.78 is 0. The van der Waals surface area contributed by atoms with E-state index in [2.05, 4.69) is 0 Å². The molecule has 0 bridgehead atoms. The molecule has 0 aromatic rings. The SMILES string of the molecule is NC(CO)CCSCCCCCCCCSCCC(N)CO. The van der Waals surface area contributed by atoms with Gasteiger partial charge in [-0.15, -0.1) is 0 Å². The molecule has 0 amide bonds. The molecule has 4 nitrogen and oxygen atoms in total. The molecule has 6 N–H and O–H groups in total. The van der Waals surface area contributed by atoms with Gasteiger partial charge in [0.15, 0.2) is 0 Å². The van der Waals surface area contributed by atoms with Crippen LogP contribution in [-0.4, -0.2) is 58.5 Å². The van der Waals surface area contributed by atoms with Gasteiger partial charge in [0, 0.05) is 12.1 Å². The summed E-state index contributed by atoms with van der Waals surface area (Å²) in [5, 5.41) is 17.6. The zero-order valence-corrected chi connectivity index (χ0v) is 15.6. The first-order valence-corrected chi connectivity index (χ1v) is 10.9. The van der Waals surface area contributed by atoms with Gasteiger partial charge in [0.1, 0.15) is 0 Å². The van der Waals surface area contributed by atoms with Crippen LogP contribution in [0.1, 0.15) is 51.4 Å². The molecule has 0 radical (unpaired) electrons. The first-order chi connectivity index (χ1) is 10.7. The van der Waals surface area contributed by atoms with E-state index >= 15 is 0 Å². The molecule has 0 aliphatic carbocycles. The molecular formula is C16H36N2O2S2. The van der Waals surface area contributed by atoms with Gasteiger partial charge < -0.3 is 21.7 Å². The summed E-state index contributed by atoms with van der Waals surface area (Å²) in [6.07, 6.45) is 9.78. The van der Waals surface area contributed by atoms with Gasteiger partial charge in [0.2, 0.25) is 0 Å². The van der Waals surface area contributed by atoms with Crippen molar-refractivity contribution in [2.45, 2.75) is 63.5 Å². The Kier molecular flexibility index (Phi) is 18.3. The monoisotopic (exact) mass is 352 g/mol. The van der Waals surface area contributed by atoms with E-state index in [1.807, 2.05) is 23.5 Å². The van der Waals surface area contributed by atoms with Gasteiger partial charge in [-0.2, -0.15) is 23.5 Å². The molecule has 0 saturated carbocycles. The standard InChI is InChI=1S/C16H36N2O2S2/c17-15(13-19)7-11-21-9-5-3-1-2-4-6-10-22-12-8-16(18)14-20/h15-16,19-20H,1-14,17-18H2. The molecule has 134 valence electrons. The number of hydrogen-bond donors (Lipinski definition) is 4. The summed E-state index contributed by atoms with van der Waals surface area (Å²) in [5.41, 5.74) is 11.3. The first kappa shape index (κ1) is 22.5. The van der Waals surface area contributed by atoms with E-state index in [4.69, 9.17) is 21.7 Å². The minimum absolute atomic E-state index is 0.0373. The Labute approximate surface area is 145 Å². The van der Waals surface area contributed by atoms with Crippen LogP contribution in [0.4, 0.5) is 0 Å². The molecule has 0 heterocycles. The minimum atomic E-state index is -0.0373. The molecule has 0 spiro atoms. The highest BCUT2D eigenvalue weighted by Crippen LogP contribution is 2.13. The van der Waals surface area contributed by atoms with Crippen LogP contribution in [0.5, 0.6) is 0 Å². The maximum absolute atomic E-state index is 8.81. The molecule has 0 aromatic carbocycles. The Balaban J connectivity index is 3.03. The minimum Gasteiger partial charge on any atom is -0.395 e. The topological polar surface area (TPSA) is 92.5 Å². The summed E-state index contributed by atoms with van der Waals surface area (Å²) in [5.74, 6) is 4.58. The summed E-state index contributed by atoms with van der Waals surface area (Å²) in [6.45, 7) is 0.209. The summed E-state index contributed by atoms with van der Waals surface area (Å²) in [4.78, 5) is 0. The van der Waals surface area contributed by atoms with Gasteiger partial charge in [-0.3, -0.25) is 0 Å². The lowest BCUT2D eigenvalue weighted by molar-refractivity contribution is 0.263. The van der Waals surface area contributed by atoms with E-state index in [1.165, 1.54) is 50.0 Å². The molecule has 0 rings (SSSR count). The summed E-state index contributed by atoms with van der Waals surface area (Å²) in [7, 11) is 0. The van der Waals surface area contributed by atoms with Crippen molar-refractivity contribution in [3.8, 4) is 0 Å². The molecular weight excluding hydrogens is 316 g/mol. The Bertz CT molecular complexity index is 202. The van der Waals surface area contributed by atoms with Gasteiger partial charge in [-0.25, -0.2) is 0 Å². The quantitative estimate of drug-likeness (QED) is 0.300. The number of unbranched alkanes of at least 4 members (excludes halogenated alkanes) is 5. The van der Waals surface area contributed by atoms with E-state index < -0.39 is 0 Å². The number of nitrogens with two attached hydrogens (primary N) is 2. The average molecular weight is 353 g/mol. The van der Waals surface area contributed by atoms with Crippen molar-refractivity contribution in [2.24, 2.45) is 11.5 Å². The molecule has 0 aliphatic heterocycles. The zero-order chi connectivity index (χ0) is 16.5. The van der Waals surface area contributed by atoms with Crippen LogP contribution in [0, 0.1) is 0 Å². The normalized spacial score (nSPS) is 14.2. The van der Waals surface area contributed by atoms with Crippen LogP contribution in [0.25, 0.3) is 0 Å². The van der Waals surface area contributed by atoms with Crippen LogP contribution in [0.3, 0.4) is 0 Å². The van der Waals surface area contributed by atoms with Crippen LogP contribution in [0.15, 0.2) is 0 Å². The van der Waals surface area contributed by atoms with Crippen molar-refractivity contribution in [3.05, 3.63) is 0 Å². The van der Waals surface area contributed by atoms with Gasteiger partial charge >= 0.3 is 0 Å². The molecule has 2 atom stereocenters. The fraction of sp³-hybridized carbons (Fsp3) is 1.00. The van der Waals surface area contributed by atoms with Gasteiger partial charge in [0.25, 0.3) is 0 Å². The lowest BCUT2D eigenvalue weighted by atomic mass is 10.1. The van der Waals surface area contributed by atoms with E-state index in [1.54, 1.807) is 0 Å². The van der Waals surface area contributed by atoms with E-state index in [0.29, 0.717) is 0 Å². The molecule has 22 heavy (non-hydrogen) atoms. The van der Waals surface area contributed by atoms with Gasteiger partial charge in [0.05, 0.1) is 13.2 Å². The second-order valence-corrected chi connectivity index (χ2v) is 8.26. The third-order valence-corrected chi connectivity index (χ3v) is 5.77. The fourth-order valence-corrected chi connectivity index (χ4v) is 4.14. The Morgan fingerprint density at radius 1 is 0.591 bits per heavy atom. The molecule has 0 saturated heterocycles. The van der Waals surface area contributed by atoms with Crippen molar-refractivity contribution in [2.75, 3.05) is 36.2 Å². The highest BCUT2D eigenvalue weighted by atomic mass is 32.2. The second-order valence-electron chi connectivity index (χ2n) is 5.81. The van der Waals surface area contributed by atoms with Crippen molar-refractivity contribution < 1.29 is 10.2 Å². The molecule has 0 fully saturated rings. The van der Waals surface area contributed by atoms with Crippen molar-refractivity contribution in [1.29, 1.82) is 0 Å². The third kappa shape index (κ3) is 16.9. The largest absolute Gasteiger partial charge is 0.395 e. The molecule has 0 aromatic heterocycles. The van der Waals surface area contributed by atoms with Crippen molar-refractivity contribution >= 4 is 23.5 Å². The number of aliphatic hydroxyl groups excluding tert-OH is 2. The first-order valence-electron chi connectivity index (χ1n) is 8.59. The summed E-state index contributed by atoms with van der Waals surface area (Å²) >= 11 is 3.91. The Morgan fingerprint density at radius 3 is 1.32 bits per heavy atom. The Hall–Kier alpha value is 0.540. The molecule has 0 aliphatic rings. The average Bonchev–Trinajstić information content (AvgIpc) is 2.54. The van der Waals surface area contributed by atoms with Crippen molar-refractivity contribution in [3.63, 3.8) is 0 Å². The van der Waals surface area contributed by atoms with Crippen molar-refractivity contribution in [1.82, 2.24) is 0 Å². The van der Waals surface area contributed by atoms with Crippen LogP contribution in [-0.2, 0) is 0 Å². The molecule has 6 heteroatoms. The number of thioether (sulfide) groups is 2. The van der Waals surface area contributed by atoms with Crippen LogP contribution < -0.4 is 11.5 Å². The lowest BCUT2D eigenvalue weighted by Gasteiger charge is -2.07. The lowest BCUT2D eigenvalue weighted by Crippen LogP contribution is -2.24.